The van der Waals surface area contributed by atoms with E-state index in [9.17, 15) is 10.1 Å². The van der Waals surface area contributed by atoms with Crippen molar-refractivity contribution >= 4 is 12.0 Å². The van der Waals surface area contributed by atoms with Gasteiger partial charge in [-0.15, -0.1) is 0 Å². The number of H-pyrrole nitrogens is 1. The van der Waals surface area contributed by atoms with Crippen LogP contribution < -0.4 is 5.32 Å². The number of aromatic amines is 1. The van der Waals surface area contributed by atoms with E-state index < -0.39 is 5.91 Å². The van der Waals surface area contributed by atoms with Crippen LogP contribution in [0.4, 0.5) is 0 Å². The number of hydrogen-bond donors (Lipinski definition) is 2. The first kappa shape index (κ1) is 18.2. The third-order valence-electron chi connectivity index (χ3n) is 4.32. The third-order valence-corrected chi connectivity index (χ3v) is 4.32. The SMILES string of the molecule is Cc1ccc(-c2[nH]ncc2/C=C(\C#N)C(=O)NC(C)c2ccccc2)cc1. The van der Waals surface area contributed by atoms with E-state index in [1.807, 2.05) is 74.5 Å². The lowest BCUT2D eigenvalue weighted by Gasteiger charge is -2.13. The van der Waals surface area contributed by atoms with Crippen molar-refractivity contribution in [2.75, 3.05) is 0 Å². The van der Waals surface area contributed by atoms with Crippen LogP contribution in [0, 0.1) is 18.3 Å². The molecule has 1 unspecified atom stereocenters. The molecule has 2 aromatic carbocycles. The fourth-order valence-electron chi connectivity index (χ4n) is 2.76. The van der Waals surface area contributed by atoms with Gasteiger partial charge in [-0.1, -0.05) is 60.2 Å². The van der Waals surface area contributed by atoms with E-state index in [0.29, 0.717) is 5.56 Å². The molecule has 0 fully saturated rings. The second-order valence-electron chi connectivity index (χ2n) is 6.34. The monoisotopic (exact) mass is 356 g/mol. The predicted octanol–water partition coefficient (Wildman–Crippen LogP) is 4.17. The summed E-state index contributed by atoms with van der Waals surface area (Å²) < 4.78 is 0. The van der Waals surface area contributed by atoms with E-state index >= 15 is 0 Å². The van der Waals surface area contributed by atoms with Crippen LogP contribution in [-0.2, 0) is 4.79 Å². The zero-order valence-electron chi connectivity index (χ0n) is 15.2. The van der Waals surface area contributed by atoms with Gasteiger partial charge in [0.05, 0.1) is 17.9 Å². The number of amides is 1. The van der Waals surface area contributed by atoms with Crippen molar-refractivity contribution in [1.82, 2.24) is 15.5 Å². The zero-order valence-corrected chi connectivity index (χ0v) is 15.2. The zero-order chi connectivity index (χ0) is 19.2. The first-order valence-electron chi connectivity index (χ1n) is 8.66. The van der Waals surface area contributed by atoms with Gasteiger partial charge in [-0.25, -0.2) is 0 Å². The Morgan fingerprint density at radius 3 is 2.56 bits per heavy atom. The highest BCUT2D eigenvalue weighted by Crippen LogP contribution is 2.23. The molecule has 27 heavy (non-hydrogen) atoms. The first-order valence-corrected chi connectivity index (χ1v) is 8.66. The molecule has 3 aromatic rings. The van der Waals surface area contributed by atoms with Crippen LogP contribution in [0.5, 0.6) is 0 Å². The third kappa shape index (κ3) is 4.31. The van der Waals surface area contributed by atoms with Gasteiger partial charge in [0.1, 0.15) is 11.6 Å². The lowest BCUT2D eigenvalue weighted by molar-refractivity contribution is -0.117. The van der Waals surface area contributed by atoms with Gasteiger partial charge in [0, 0.05) is 11.1 Å². The van der Waals surface area contributed by atoms with Crippen LogP contribution in [0.1, 0.15) is 29.7 Å². The molecule has 3 rings (SSSR count). The van der Waals surface area contributed by atoms with E-state index in [-0.39, 0.29) is 11.6 Å². The smallest absolute Gasteiger partial charge is 0.262 e. The van der Waals surface area contributed by atoms with Crippen LogP contribution >= 0.6 is 0 Å². The summed E-state index contributed by atoms with van der Waals surface area (Å²) in [4.78, 5) is 12.5. The largest absolute Gasteiger partial charge is 0.345 e. The predicted molar refractivity (Wildman–Crippen MR) is 105 cm³/mol. The maximum atomic E-state index is 12.5. The molecular weight excluding hydrogens is 336 g/mol. The van der Waals surface area contributed by atoms with Gasteiger partial charge in [-0.2, -0.15) is 10.4 Å². The van der Waals surface area contributed by atoms with E-state index in [1.165, 1.54) is 0 Å². The van der Waals surface area contributed by atoms with Crippen molar-refractivity contribution in [3.8, 4) is 17.3 Å². The highest BCUT2D eigenvalue weighted by molar-refractivity contribution is 6.02. The van der Waals surface area contributed by atoms with Gasteiger partial charge >= 0.3 is 0 Å². The quantitative estimate of drug-likeness (QED) is 0.532. The molecule has 5 nitrogen and oxygen atoms in total. The normalized spacial score (nSPS) is 12.3. The second-order valence-corrected chi connectivity index (χ2v) is 6.34. The van der Waals surface area contributed by atoms with Crippen LogP contribution in [0.15, 0.2) is 66.4 Å². The number of aromatic nitrogens is 2. The highest BCUT2D eigenvalue weighted by atomic mass is 16.1. The van der Waals surface area contributed by atoms with Crippen molar-refractivity contribution < 1.29 is 4.79 Å². The summed E-state index contributed by atoms with van der Waals surface area (Å²) in [5, 5.41) is 19.3. The van der Waals surface area contributed by atoms with Gasteiger partial charge < -0.3 is 5.32 Å². The van der Waals surface area contributed by atoms with E-state index in [4.69, 9.17) is 0 Å². The Morgan fingerprint density at radius 2 is 1.89 bits per heavy atom. The standard InChI is InChI=1S/C22H20N4O/c1-15-8-10-18(11-9-15)21-20(14-24-26-21)12-19(13-23)22(27)25-16(2)17-6-4-3-5-7-17/h3-12,14,16H,1-2H3,(H,24,26)(H,25,27)/b19-12+. The number of hydrogen-bond acceptors (Lipinski definition) is 3. The number of carbonyl (C=O) groups is 1. The lowest BCUT2D eigenvalue weighted by atomic mass is 10.0. The maximum Gasteiger partial charge on any atom is 0.262 e. The molecule has 0 saturated heterocycles. The number of nitrogens with zero attached hydrogens (tertiary/aromatic N) is 2. The molecule has 0 aliphatic heterocycles. The van der Waals surface area contributed by atoms with E-state index in [0.717, 1.165) is 22.4 Å². The van der Waals surface area contributed by atoms with Crippen LogP contribution in [-0.4, -0.2) is 16.1 Å². The minimum Gasteiger partial charge on any atom is -0.345 e. The Morgan fingerprint density at radius 1 is 1.19 bits per heavy atom. The van der Waals surface area contributed by atoms with Gasteiger partial charge in [0.25, 0.3) is 5.91 Å². The van der Waals surface area contributed by atoms with Crippen molar-refractivity contribution in [2.45, 2.75) is 19.9 Å². The van der Waals surface area contributed by atoms with Crippen LogP contribution in [0.25, 0.3) is 17.3 Å². The number of benzene rings is 2. The van der Waals surface area contributed by atoms with Crippen molar-refractivity contribution in [3.05, 3.63) is 83.1 Å². The minimum atomic E-state index is -0.412. The summed E-state index contributed by atoms with van der Waals surface area (Å²) in [6, 6.07) is 19.4. The summed E-state index contributed by atoms with van der Waals surface area (Å²) in [7, 11) is 0. The summed E-state index contributed by atoms with van der Waals surface area (Å²) in [5.74, 6) is -0.412. The maximum absolute atomic E-state index is 12.5. The van der Waals surface area contributed by atoms with Crippen molar-refractivity contribution in [2.24, 2.45) is 0 Å². The molecule has 1 heterocycles. The summed E-state index contributed by atoms with van der Waals surface area (Å²) in [5.41, 5.74) is 4.57. The summed E-state index contributed by atoms with van der Waals surface area (Å²) in [6.07, 6.45) is 3.17. The van der Waals surface area contributed by atoms with Gasteiger partial charge in [-0.05, 0) is 25.5 Å². The molecule has 0 bridgehead atoms. The van der Waals surface area contributed by atoms with Crippen LogP contribution in [0.2, 0.25) is 0 Å². The fourth-order valence-corrected chi connectivity index (χ4v) is 2.76. The first-order chi connectivity index (χ1) is 13.1. The molecule has 1 amide bonds. The number of nitrogens with one attached hydrogen (secondary N) is 2. The molecule has 2 N–H and O–H groups in total. The molecule has 0 radical (unpaired) electrons. The lowest BCUT2D eigenvalue weighted by Crippen LogP contribution is -2.27. The summed E-state index contributed by atoms with van der Waals surface area (Å²) >= 11 is 0. The van der Waals surface area contributed by atoms with Crippen LogP contribution in [0.3, 0.4) is 0 Å². The number of carbonyl (C=O) groups excluding carboxylic acids is 1. The second kappa shape index (κ2) is 8.15. The Hall–Kier alpha value is -3.65. The number of rotatable bonds is 5. The molecular formula is C22H20N4O. The molecule has 5 heteroatoms. The van der Waals surface area contributed by atoms with Gasteiger partial charge in [0.15, 0.2) is 0 Å². The average Bonchev–Trinajstić information content (AvgIpc) is 3.15. The van der Waals surface area contributed by atoms with E-state index in [1.54, 1.807) is 12.3 Å². The molecule has 0 saturated carbocycles. The Balaban J connectivity index is 1.83. The molecule has 0 spiro atoms. The van der Waals surface area contributed by atoms with Gasteiger partial charge in [0.2, 0.25) is 0 Å². The molecule has 1 aromatic heterocycles. The van der Waals surface area contributed by atoms with Crippen molar-refractivity contribution in [1.29, 1.82) is 5.26 Å². The Kier molecular flexibility index (Phi) is 5.48. The molecule has 134 valence electrons. The highest BCUT2D eigenvalue weighted by Gasteiger charge is 2.15. The minimum absolute atomic E-state index is 0.0348. The fraction of sp³-hybridized carbons (Fsp3) is 0.136. The average molecular weight is 356 g/mol. The Bertz CT molecular complexity index is 995. The summed E-state index contributed by atoms with van der Waals surface area (Å²) in [6.45, 7) is 3.90. The molecule has 1 atom stereocenters. The number of nitriles is 1. The number of aryl methyl sites for hydroxylation is 1. The van der Waals surface area contributed by atoms with Gasteiger partial charge in [-0.3, -0.25) is 9.89 Å². The Labute approximate surface area is 158 Å². The molecule has 0 aliphatic rings. The molecule has 0 aliphatic carbocycles. The van der Waals surface area contributed by atoms with E-state index in [2.05, 4.69) is 15.5 Å². The topological polar surface area (TPSA) is 81.6 Å². The van der Waals surface area contributed by atoms with Crippen molar-refractivity contribution in [3.63, 3.8) is 0 Å².